The van der Waals surface area contributed by atoms with E-state index in [2.05, 4.69) is 20.8 Å². The Morgan fingerprint density at radius 3 is 2.77 bits per heavy atom. The zero-order valence-corrected chi connectivity index (χ0v) is 16.9. The molecular formula is C22H20N4O5. The SMILES string of the molecule is COC(=O)C(Cc1c(C=C2C(=O)NN=C2c2ccco2)[nH]c2ccccc12)NC(C)=O. The molecule has 0 saturated carbocycles. The van der Waals surface area contributed by atoms with Crippen LogP contribution in [0, 0.1) is 0 Å². The lowest BCUT2D eigenvalue weighted by Gasteiger charge is -2.16. The predicted octanol–water partition coefficient (Wildman–Crippen LogP) is 1.90. The first-order valence-corrected chi connectivity index (χ1v) is 9.56. The molecule has 3 aromatic rings. The van der Waals surface area contributed by atoms with E-state index in [1.54, 1.807) is 18.2 Å². The summed E-state index contributed by atoms with van der Waals surface area (Å²) in [6, 6.07) is 10.1. The fraction of sp³-hybridized carbons (Fsp3) is 0.182. The minimum atomic E-state index is -0.880. The number of para-hydroxylation sites is 1. The number of nitrogens with zero attached hydrogens (tertiary/aromatic N) is 1. The molecule has 9 nitrogen and oxygen atoms in total. The number of carbonyl (C=O) groups excluding carboxylic acids is 3. The van der Waals surface area contributed by atoms with Crippen molar-refractivity contribution in [2.75, 3.05) is 7.11 Å². The Hall–Kier alpha value is -4.14. The minimum absolute atomic E-state index is 0.171. The smallest absolute Gasteiger partial charge is 0.328 e. The molecule has 0 fully saturated rings. The Balaban J connectivity index is 1.80. The third kappa shape index (κ3) is 3.97. The first-order valence-electron chi connectivity index (χ1n) is 9.56. The van der Waals surface area contributed by atoms with E-state index in [1.807, 2.05) is 24.3 Å². The van der Waals surface area contributed by atoms with Crippen LogP contribution in [0.3, 0.4) is 0 Å². The predicted molar refractivity (Wildman–Crippen MR) is 113 cm³/mol. The van der Waals surface area contributed by atoms with Crippen LogP contribution in [0.15, 0.2) is 57.8 Å². The minimum Gasteiger partial charge on any atom is -0.467 e. The van der Waals surface area contributed by atoms with E-state index in [-0.39, 0.29) is 18.2 Å². The summed E-state index contributed by atoms with van der Waals surface area (Å²) in [6.07, 6.45) is 3.34. The summed E-state index contributed by atoms with van der Waals surface area (Å²) < 4.78 is 10.3. The molecule has 0 radical (unpaired) electrons. The van der Waals surface area contributed by atoms with E-state index in [9.17, 15) is 14.4 Å². The number of hydrazone groups is 1. The molecule has 0 saturated heterocycles. The van der Waals surface area contributed by atoms with Gasteiger partial charge in [-0.1, -0.05) is 18.2 Å². The average molecular weight is 420 g/mol. The monoisotopic (exact) mass is 420 g/mol. The van der Waals surface area contributed by atoms with Crippen molar-refractivity contribution < 1.29 is 23.5 Å². The first-order chi connectivity index (χ1) is 15.0. The maximum absolute atomic E-state index is 12.5. The number of fused-ring (bicyclic) bond motifs is 1. The largest absolute Gasteiger partial charge is 0.467 e. The molecule has 0 aliphatic carbocycles. The van der Waals surface area contributed by atoms with Crippen LogP contribution in [0.1, 0.15) is 23.9 Å². The molecule has 1 unspecified atom stereocenters. The van der Waals surface area contributed by atoms with Gasteiger partial charge >= 0.3 is 5.97 Å². The van der Waals surface area contributed by atoms with Gasteiger partial charge in [0.25, 0.3) is 5.91 Å². The summed E-state index contributed by atoms with van der Waals surface area (Å²) in [5, 5.41) is 7.56. The van der Waals surface area contributed by atoms with Crippen LogP contribution in [0.4, 0.5) is 0 Å². The van der Waals surface area contributed by atoms with Gasteiger partial charge in [0.05, 0.1) is 18.9 Å². The van der Waals surface area contributed by atoms with Crippen LogP contribution in [0.5, 0.6) is 0 Å². The van der Waals surface area contributed by atoms with Gasteiger partial charge in [-0.2, -0.15) is 5.10 Å². The topological polar surface area (TPSA) is 126 Å². The number of nitrogens with one attached hydrogen (secondary N) is 3. The molecule has 1 aliphatic rings. The van der Waals surface area contributed by atoms with Crippen molar-refractivity contribution in [1.82, 2.24) is 15.7 Å². The fourth-order valence-corrected chi connectivity index (χ4v) is 3.56. The lowest BCUT2D eigenvalue weighted by molar-refractivity contribution is -0.144. The number of aromatic nitrogens is 1. The van der Waals surface area contributed by atoms with Gasteiger partial charge in [-0.15, -0.1) is 0 Å². The molecule has 3 heterocycles. The summed E-state index contributed by atoms with van der Waals surface area (Å²) in [5.74, 6) is -0.830. The van der Waals surface area contributed by atoms with E-state index in [0.29, 0.717) is 22.7 Å². The molecule has 0 spiro atoms. The molecule has 9 heteroatoms. The number of hydrogen-bond acceptors (Lipinski definition) is 6. The number of ether oxygens (including phenoxy) is 1. The highest BCUT2D eigenvalue weighted by Gasteiger charge is 2.28. The Kier molecular flexibility index (Phi) is 5.40. The molecule has 158 valence electrons. The molecule has 1 atom stereocenters. The van der Waals surface area contributed by atoms with Gasteiger partial charge in [-0.05, 0) is 29.8 Å². The van der Waals surface area contributed by atoms with Crippen LogP contribution < -0.4 is 10.7 Å². The van der Waals surface area contributed by atoms with Gasteiger partial charge in [0, 0.05) is 29.9 Å². The number of hydrogen-bond donors (Lipinski definition) is 3. The van der Waals surface area contributed by atoms with Crippen LogP contribution in [0.2, 0.25) is 0 Å². The number of benzene rings is 1. The lowest BCUT2D eigenvalue weighted by Crippen LogP contribution is -2.42. The molecule has 4 rings (SSSR count). The third-order valence-corrected chi connectivity index (χ3v) is 4.93. The van der Waals surface area contributed by atoms with Crippen molar-refractivity contribution in [2.45, 2.75) is 19.4 Å². The van der Waals surface area contributed by atoms with Gasteiger partial charge in [0.1, 0.15) is 11.8 Å². The van der Waals surface area contributed by atoms with Crippen LogP contribution in [-0.4, -0.2) is 41.6 Å². The highest BCUT2D eigenvalue weighted by molar-refractivity contribution is 6.32. The zero-order valence-electron chi connectivity index (χ0n) is 16.9. The van der Waals surface area contributed by atoms with Gasteiger partial charge in [0.2, 0.25) is 5.91 Å². The fourth-order valence-electron chi connectivity index (χ4n) is 3.56. The highest BCUT2D eigenvalue weighted by Crippen LogP contribution is 2.27. The third-order valence-electron chi connectivity index (χ3n) is 4.93. The molecule has 0 bridgehead atoms. The van der Waals surface area contributed by atoms with Crippen molar-refractivity contribution in [3.05, 3.63) is 65.3 Å². The quantitative estimate of drug-likeness (QED) is 0.415. The number of methoxy groups -OCH3 is 1. The second kappa shape index (κ2) is 8.31. The summed E-state index contributed by atoms with van der Waals surface area (Å²) in [7, 11) is 1.27. The number of esters is 1. The number of rotatable bonds is 6. The van der Waals surface area contributed by atoms with Gasteiger partial charge in [0.15, 0.2) is 5.76 Å². The Bertz CT molecular complexity index is 1220. The average Bonchev–Trinajstić information content (AvgIpc) is 3.47. The van der Waals surface area contributed by atoms with Gasteiger partial charge in [-0.25, -0.2) is 10.2 Å². The van der Waals surface area contributed by atoms with E-state index in [0.717, 1.165) is 16.5 Å². The Morgan fingerprint density at radius 1 is 1.26 bits per heavy atom. The molecule has 1 aliphatic heterocycles. The van der Waals surface area contributed by atoms with Crippen molar-refractivity contribution in [1.29, 1.82) is 0 Å². The standard InChI is InChI=1S/C22H20N4O5/c1-12(27)23-18(22(29)30-2)10-14-13-6-3-4-7-16(13)24-17(14)11-15-20(25-26-21(15)28)19-8-5-9-31-19/h3-9,11,18,24H,10H2,1-2H3,(H,23,27)(H,26,28). The first kappa shape index (κ1) is 20.1. The molecule has 31 heavy (non-hydrogen) atoms. The van der Waals surface area contributed by atoms with Crippen LogP contribution in [-0.2, 0) is 25.5 Å². The summed E-state index contributed by atoms with van der Waals surface area (Å²) in [6.45, 7) is 1.34. The van der Waals surface area contributed by atoms with Crippen molar-refractivity contribution in [2.24, 2.45) is 5.10 Å². The summed E-state index contributed by atoms with van der Waals surface area (Å²) in [4.78, 5) is 39.6. The Morgan fingerprint density at radius 2 is 2.06 bits per heavy atom. The zero-order chi connectivity index (χ0) is 22.0. The molecule has 2 amide bonds. The van der Waals surface area contributed by atoms with Gasteiger partial charge in [-0.3, -0.25) is 9.59 Å². The van der Waals surface area contributed by atoms with E-state index in [4.69, 9.17) is 9.15 Å². The number of carbonyl (C=O) groups is 3. The lowest BCUT2D eigenvalue weighted by atomic mass is 9.99. The van der Waals surface area contributed by atoms with E-state index >= 15 is 0 Å². The molecule has 2 aromatic heterocycles. The molecule has 3 N–H and O–H groups in total. The summed E-state index contributed by atoms with van der Waals surface area (Å²) >= 11 is 0. The van der Waals surface area contributed by atoms with E-state index in [1.165, 1.54) is 20.3 Å². The normalized spacial score (nSPS) is 15.6. The Labute approximate surface area is 177 Å². The van der Waals surface area contributed by atoms with E-state index < -0.39 is 12.0 Å². The van der Waals surface area contributed by atoms with Crippen molar-refractivity contribution in [3.63, 3.8) is 0 Å². The van der Waals surface area contributed by atoms with Gasteiger partial charge < -0.3 is 19.5 Å². The number of amides is 2. The molecular weight excluding hydrogens is 400 g/mol. The number of furan rings is 1. The maximum Gasteiger partial charge on any atom is 0.328 e. The number of aromatic amines is 1. The van der Waals surface area contributed by atoms with Crippen LogP contribution in [0.25, 0.3) is 17.0 Å². The van der Waals surface area contributed by atoms with Crippen molar-refractivity contribution in [3.8, 4) is 0 Å². The van der Waals surface area contributed by atoms with Crippen LogP contribution >= 0.6 is 0 Å². The second-order valence-corrected chi connectivity index (χ2v) is 6.98. The maximum atomic E-state index is 12.5. The molecule has 1 aromatic carbocycles. The summed E-state index contributed by atoms with van der Waals surface area (Å²) in [5.41, 5.74) is 5.35. The highest BCUT2D eigenvalue weighted by atomic mass is 16.5. The second-order valence-electron chi connectivity index (χ2n) is 6.98. The van der Waals surface area contributed by atoms with Crippen molar-refractivity contribution >= 4 is 40.5 Å². The number of H-pyrrole nitrogens is 1.